The topological polar surface area (TPSA) is 141 Å². The molecule has 11 heteroatoms. The molecule has 0 spiro atoms. The quantitative estimate of drug-likeness (QED) is 0.0581. The molecular weight excluding hydrogens is 716 g/mol. The zero-order chi connectivity index (χ0) is 41.0. The number of carbonyl (C=O) groups excluding carboxylic acids is 5. The molecule has 290 valence electrons. The lowest BCUT2D eigenvalue weighted by Crippen LogP contribution is -2.33. The largest absolute Gasteiger partial charge is 0.493 e. The van der Waals surface area contributed by atoms with Gasteiger partial charge in [0.15, 0.2) is 0 Å². The average molecular weight is 761 g/mol. The highest BCUT2D eigenvalue weighted by molar-refractivity contribution is 5.98. The van der Waals surface area contributed by atoms with Crippen LogP contribution >= 0.6 is 0 Å². The summed E-state index contributed by atoms with van der Waals surface area (Å²) < 4.78 is 33.2. The number of fused-ring (bicyclic) bond motifs is 1. The van der Waals surface area contributed by atoms with Crippen molar-refractivity contribution in [1.29, 1.82) is 0 Å². The predicted molar refractivity (Wildman–Crippen MR) is 211 cm³/mol. The SMILES string of the molecule is C=C(C)C(=O)OCC(C)(CCOc1ccc(/C=C/C(=O)Oc2ccc(OC(=O)c3ccc(OC(=O)C(=C)C)cc3)cc2C)c2ccccc12)COC(=O)C(=C)C. The monoisotopic (exact) mass is 760 g/mol. The fourth-order valence-corrected chi connectivity index (χ4v) is 5.00. The van der Waals surface area contributed by atoms with Crippen molar-refractivity contribution in [1.82, 2.24) is 0 Å². The van der Waals surface area contributed by atoms with E-state index in [0.29, 0.717) is 17.7 Å². The average Bonchev–Trinajstić information content (AvgIpc) is 3.16. The van der Waals surface area contributed by atoms with E-state index in [1.165, 1.54) is 49.4 Å². The van der Waals surface area contributed by atoms with Crippen LogP contribution < -0.4 is 18.9 Å². The van der Waals surface area contributed by atoms with Crippen LogP contribution in [0.15, 0.2) is 121 Å². The molecule has 0 N–H and O–H groups in total. The van der Waals surface area contributed by atoms with Crippen LogP contribution in [0.5, 0.6) is 23.0 Å². The number of carbonyl (C=O) groups is 5. The number of hydrogen-bond acceptors (Lipinski definition) is 11. The third-order valence-electron chi connectivity index (χ3n) is 8.30. The van der Waals surface area contributed by atoms with E-state index in [0.717, 1.165) is 16.3 Å². The van der Waals surface area contributed by atoms with Crippen molar-refractivity contribution in [2.45, 2.75) is 41.0 Å². The number of hydrogen-bond donors (Lipinski definition) is 0. The van der Waals surface area contributed by atoms with Crippen LogP contribution in [0.25, 0.3) is 16.8 Å². The van der Waals surface area contributed by atoms with Crippen LogP contribution in [-0.4, -0.2) is 49.7 Å². The van der Waals surface area contributed by atoms with Crippen molar-refractivity contribution in [3.63, 3.8) is 0 Å². The molecule has 4 aromatic rings. The molecule has 0 radical (unpaired) electrons. The first-order valence-electron chi connectivity index (χ1n) is 17.6. The first-order chi connectivity index (χ1) is 26.5. The molecule has 4 rings (SSSR count). The summed E-state index contributed by atoms with van der Waals surface area (Å²) in [6, 6.07) is 21.7. The minimum absolute atomic E-state index is 0.0167. The molecule has 0 unspecified atom stereocenters. The van der Waals surface area contributed by atoms with Gasteiger partial charge in [0.05, 0.1) is 12.2 Å². The summed E-state index contributed by atoms with van der Waals surface area (Å²) in [5.41, 5.74) is 1.56. The van der Waals surface area contributed by atoms with E-state index in [1.807, 2.05) is 37.3 Å². The highest BCUT2D eigenvalue weighted by Gasteiger charge is 2.29. The highest BCUT2D eigenvalue weighted by Crippen LogP contribution is 2.31. The van der Waals surface area contributed by atoms with E-state index < -0.39 is 35.3 Å². The smallest absolute Gasteiger partial charge is 0.343 e. The van der Waals surface area contributed by atoms with Gasteiger partial charge in [0, 0.05) is 33.6 Å². The molecule has 0 bridgehead atoms. The first-order valence-corrected chi connectivity index (χ1v) is 17.6. The normalized spacial score (nSPS) is 11.0. The van der Waals surface area contributed by atoms with Gasteiger partial charge in [-0.15, -0.1) is 0 Å². The maximum absolute atomic E-state index is 12.9. The Morgan fingerprint density at radius 3 is 1.82 bits per heavy atom. The van der Waals surface area contributed by atoms with Gasteiger partial charge in [-0.3, -0.25) is 0 Å². The molecular formula is C45H44O11. The van der Waals surface area contributed by atoms with Gasteiger partial charge in [-0.05, 0) is 105 Å². The predicted octanol–water partition coefficient (Wildman–Crippen LogP) is 8.48. The van der Waals surface area contributed by atoms with E-state index >= 15 is 0 Å². The second kappa shape index (κ2) is 19.0. The molecule has 0 saturated heterocycles. The molecule has 0 aliphatic rings. The molecule has 0 aliphatic carbocycles. The molecule has 0 aromatic heterocycles. The Bertz CT molecular complexity index is 2180. The van der Waals surface area contributed by atoms with E-state index in [9.17, 15) is 24.0 Å². The summed E-state index contributed by atoms with van der Waals surface area (Å²) >= 11 is 0. The van der Waals surface area contributed by atoms with Crippen LogP contribution in [0.1, 0.15) is 55.6 Å². The van der Waals surface area contributed by atoms with E-state index in [-0.39, 0.29) is 59.4 Å². The van der Waals surface area contributed by atoms with Gasteiger partial charge < -0.3 is 28.4 Å². The maximum Gasteiger partial charge on any atom is 0.343 e. The summed E-state index contributed by atoms with van der Waals surface area (Å²) in [5.74, 6) is -1.51. The Kier molecular flexibility index (Phi) is 14.3. The van der Waals surface area contributed by atoms with Gasteiger partial charge in [0.2, 0.25) is 0 Å². The molecule has 0 atom stereocenters. The van der Waals surface area contributed by atoms with Gasteiger partial charge >= 0.3 is 29.8 Å². The van der Waals surface area contributed by atoms with E-state index in [2.05, 4.69) is 19.7 Å². The van der Waals surface area contributed by atoms with Gasteiger partial charge in [0.1, 0.15) is 36.2 Å². The Labute approximate surface area is 325 Å². The number of benzene rings is 4. The molecule has 4 aromatic carbocycles. The Morgan fingerprint density at radius 1 is 0.661 bits per heavy atom. The van der Waals surface area contributed by atoms with Crippen LogP contribution in [0.4, 0.5) is 0 Å². The summed E-state index contributed by atoms with van der Waals surface area (Å²) in [6.45, 7) is 19.1. The standard InChI is InChI=1S/C45H44O11/c1-28(2)41(47)52-26-45(8,27-53-42(48)29(3)4)23-24-51-39-20-15-32(36-11-9-10-12-37(36)39)16-22-40(46)56-38-21-19-35(25-31(38)7)55-44(50)33-13-17-34(18-14-33)54-43(49)30(5)6/h9-22,25H,1,3,5,23-24,26-27H2,2,4,6-8H3/b22-16+. The fourth-order valence-electron chi connectivity index (χ4n) is 5.00. The molecule has 0 heterocycles. The molecule has 0 saturated carbocycles. The minimum atomic E-state index is -0.754. The number of rotatable bonds is 17. The molecule has 0 fully saturated rings. The molecule has 56 heavy (non-hydrogen) atoms. The maximum atomic E-state index is 12.9. The minimum Gasteiger partial charge on any atom is -0.493 e. The Hall–Kier alpha value is -6.75. The second-order valence-electron chi connectivity index (χ2n) is 13.6. The van der Waals surface area contributed by atoms with Gasteiger partial charge in [-0.25, -0.2) is 24.0 Å². The second-order valence-corrected chi connectivity index (χ2v) is 13.6. The van der Waals surface area contributed by atoms with Crippen molar-refractivity contribution >= 4 is 46.7 Å². The molecule has 0 amide bonds. The summed E-state index contributed by atoms with van der Waals surface area (Å²) in [5, 5.41) is 1.63. The van der Waals surface area contributed by atoms with Crippen molar-refractivity contribution in [2.75, 3.05) is 19.8 Å². The summed E-state index contributed by atoms with van der Waals surface area (Å²) in [6.07, 6.45) is 3.35. The summed E-state index contributed by atoms with van der Waals surface area (Å²) in [7, 11) is 0. The van der Waals surface area contributed by atoms with Crippen LogP contribution in [0.3, 0.4) is 0 Å². The first kappa shape index (κ1) is 42.0. The number of aryl methyl sites for hydroxylation is 1. The number of esters is 5. The van der Waals surface area contributed by atoms with Gasteiger partial charge in [0.25, 0.3) is 0 Å². The summed E-state index contributed by atoms with van der Waals surface area (Å²) in [4.78, 5) is 61.5. The Balaban J connectivity index is 1.38. The van der Waals surface area contributed by atoms with Crippen molar-refractivity contribution < 1.29 is 52.4 Å². The van der Waals surface area contributed by atoms with Crippen LogP contribution in [0.2, 0.25) is 0 Å². The van der Waals surface area contributed by atoms with Crippen molar-refractivity contribution in [3.8, 4) is 23.0 Å². The zero-order valence-corrected chi connectivity index (χ0v) is 32.1. The third-order valence-corrected chi connectivity index (χ3v) is 8.30. The van der Waals surface area contributed by atoms with Crippen LogP contribution in [-0.2, 0) is 28.7 Å². The van der Waals surface area contributed by atoms with Crippen LogP contribution in [0, 0.1) is 12.3 Å². The van der Waals surface area contributed by atoms with Crippen molar-refractivity contribution in [2.24, 2.45) is 5.41 Å². The highest BCUT2D eigenvalue weighted by atomic mass is 16.6. The molecule has 11 nitrogen and oxygen atoms in total. The lowest BCUT2D eigenvalue weighted by molar-refractivity contribution is -0.149. The van der Waals surface area contributed by atoms with E-state index in [4.69, 9.17) is 28.4 Å². The lowest BCUT2D eigenvalue weighted by atomic mass is 9.89. The third kappa shape index (κ3) is 11.9. The molecule has 0 aliphatic heterocycles. The zero-order valence-electron chi connectivity index (χ0n) is 32.1. The van der Waals surface area contributed by atoms with Gasteiger partial charge in [-0.2, -0.15) is 0 Å². The fraction of sp³-hybridized carbons (Fsp3) is 0.222. The van der Waals surface area contributed by atoms with Crippen molar-refractivity contribution in [3.05, 3.63) is 138 Å². The van der Waals surface area contributed by atoms with E-state index in [1.54, 1.807) is 39.0 Å². The lowest BCUT2D eigenvalue weighted by Gasteiger charge is -2.28. The Morgan fingerprint density at radius 2 is 1.23 bits per heavy atom. The van der Waals surface area contributed by atoms with Gasteiger partial charge in [-0.1, -0.05) is 57.0 Å². The number of ether oxygens (including phenoxy) is 6.